The molecule has 2 aromatic heterocycles. The third kappa shape index (κ3) is 3.01. The Balaban J connectivity index is 1.58. The van der Waals surface area contributed by atoms with Crippen LogP contribution in [0.1, 0.15) is 31.3 Å². The van der Waals surface area contributed by atoms with Gasteiger partial charge in [0, 0.05) is 36.8 Å². The van der Waals surface area contributed by atoms with Gasteiger partial charge in [0.25, 0.3) is 11.8 Å². The van der Waals surface area contributed by atoms with Gasteiger partial charge in [-0.3, -0.25) is 14.3 Å². The quantitative estimate of drug-likeness (QED) is 0.775. The number of anilines is 1. The van der Waals surface area contributed by atoms with Crippen molar-refractivity contribution in [1.29, 1.82) is 0 Å². The van der Waals surface area contributed by atoms with Crippen LogP contribution in [0, 0.1) is 0 Å². The summed E-state index contributed by atoms with van der Waals surface area (Å²) in [5.74, 6) is 0.350. The Bertz CT molecular complexity index is 948. The van der Waals surface area contributed by atoms with Gasteiger partial charge in [-0.05, 0) is 23.6 Å². The van der Waals surface area contributed by atoms with Crippen molar-refractivity contribution in [2.24, 2.45) is 7.05 Å². The summed E-state index contributed by atoms with van der Waals surface area (Å²) in [4.78, 5) is 27.7. The van der Waals surface area contributed by atoms with Gasteiger partial charge in [0.05, 0.1) is 11.4 Å². The molecule has 7 heteroatoms. The molecule has 1 aromatic carbocycles. The SMILES string of the molecule is Cn1nc(NC(=O)c2ccccc2)c2c1CCN(C(=O)c1cccs1)C2. The molecule has 132 valence electrons. The second-order valence-electron chi connectivity index (χ2n) is 6.17. The highest BCUT2D eigenvalue weighted by molar-refractivity contribution is 7.12. The van der Waals surface area contributed by atoms with Crippen LogP contribution in [0.25, 0.3) is 0 Å². The number of aryl methyl sites for hydroxylation is 1. The van der Waals surface area contributed by atoms with E-state index in [9.17, 15) is 9.59 Å². The number of amides is 2. The average Bonchev–Trinajstić information content (AvgIpc) is 3.31. The zero-order valence-corrected chi connectivity index (χ0v) is 15.1. The molecule has 6 nitrogen and oxygen atoms in total. The molecule has 3 heterocycles. The lowest BCUT2D eigenvalue weighted by molar-refractivity contribution is 0.0738. The predicted octanol–water partition coefficient (Wildman–Crippen LogP) is 2.93. The fourth-order valence-corrected chi connectivity index (χ4v) is 3.88. The number of hydrogen-bond donors (Lipinski definition) is 1. The molecule has 1 aliphatic rings. The molecule has 0 fully saturated rings. The summed E-state index contributed by atoms with van der Waals surface area (Å²) in [5.41, 5.74) is 2.55. The fraction of sp³-hybridized carbons (Fsp3) is 0.211. The smallest absolute Gasteiger partial charge is 0.264 e. The Kier molecular flexibility index (Phi) is 4.30. The first kappa shape index (κ1) is 16.5. The van der Waals surface area contributed by atoms with E-state index in [2.05, 4.69) is 10.4 Å². The van der Waals surface area contributed by atoms with E-state index in [1.807, 2.05) is 47.7 Å². The van der Waals surface area contributed by atoms with Gasteiger partial charge in [0.15, 0.2) is 5.82 Å². The highest BCUT2D eigenvalue weighted by Gasteiger charge is 2.28. The number of hydrogen-bond acceptors (Lipinski definition) is 4. The number of carbonyl (C=O) groups excluding carboxylic acids is 2. The lowest BCUT2D eigenvalue weighted by Gasteiger charge is -2.27. The average molecular weight is 366 g/mol. The summed E-state index contributed by atoms with van der Waals surface area (Å²) in [6.07, 6.45) is 0.719. The zero-order chi connectivity index (χ0) is 18.1. The molecular weight excluding hydrogens is 348 g/mol. The van der Waals surface area contributed by atoms with Crippen LogP contribution < -0.4 is 5.32 Å². The minimum atomic E-state index is -0.201. The van der Waals surface area contributed by atoms with Crippen LogP contribution in [-0.4, -0.2) is 33.0 Å². The minimum absolute atomic E-state index is 0.0230. The summed E-state index contributed by atoms with van der Waals surface area (Å²) in [6, 6.07) is 12.8. The Hall–Kier alpha value is -2.93. The Morgan fingerprint density at radius 1 is 1.15 bits per heavy atom. The zero-order valence-electron chi connectivity index (χ0n) is 14.3. The molecule has 2 amide bonds. The van der Waals surface area contributed by atoms with Gasteiger partial charge in [-0.1, -0.05) is 24.3 Å². The third-order valence-corrected chi connectivity index (χ3v) is 5.39. The molecule has 26 heavy (non-hydrogen) atoms. The molecule has 0 unspecified atom stereocenters. The van der Waals surface area contributed by atoms with Crippen molar-refractivity contribution in [2.75, 3.05) is 11.9 Å². The van der Waals surface area contributed by atoms with Crippen molar-refractivity contribution in [1.82, 2.24) is 14.7 Å². The molecule has 0 atom stereocenters. The van der Waals surface area contributed by atoms with E-state index in [4.69, 9.17) is 0 Å². The van der Waals surface area contributed by atoms with Crippen molar-refractivity contribution in [3.05, 3.63) is 69.5 Å². The number of aromatic nitrogens is 2. The molecule has 1 N–H and O–H groups in total. The summed E-state index contributed by atoms with van der Waals surface area (Å²) in [7, 11) is 1.87. The van der Waals surface area contributed by atoms with Crippen LogP contribution in [0.3, 0.4) is 0 Å². The topological polar surface area (TPSA) is 67.2 Å². The first-order chi connectivity index (χ1) is 12.6. The van der Waals surface area contributed by atoms with Gasteiger partial charge in [-0.25, -0.2) is 0 Å². The van der Waals surface area contributed by atoms with Crippen molar-refractivity contribution in [3.63, 3.8) is 0 Å². The Morgan fingerprint density at radius 2 is 1.96 bits per heavy atom. The molecule has 0 saturated carbocycles. The molecule has 0 saturated heterocycles. The van der Waals surface area contributed by atoms with Crippen molar-refractivity contribution >= 4 is 29.0 Å². The molecule has 0 bridgehead atoms. The van der Waals surface area contributed by atoms with Crippen LogP contribution in [-0.2, 0) is 20.0 Å². The van der Waals surface area contributed by atoms with Gasteiger partial charge >= 0.3 is 0 Å². The summed E-state index contributed by atoms with van der Waals surface area (Å²) < 4.78 is 1.79. The van der Waals surface area contributed by atoms with E-state index in [0.29, 0.717) is 24.5 Å². The maximum absolute atomic E-state index is 12.7. The number of nitrogens with one attached hydrogen (secondary N) is 1. The van der Waals surface area contributed by atoms with Crippen LogP contribution in [0.15, 0.2) is 47.8 Å². The largest absolute Gasteiger partial charge is 0.333 e. The highest BCUT2D eigenvalue weighted by atomic mass is 32.1. The highest BCUT2D eigenvalue weighted by Crippen LogP contribution is 2.27. The Labute approximate surface area is 155 Å². The molecule has 1 aliphatic heterocycles. The molecule has 4 rings (SSSR count). The first-order valence-electron chi connectivity index (χ1n) is 8.37. The van der Waals surface area contributed by atoms with Gasteiger partial charge in [0.2, 0.25) is 0 Å². The monoisotopic (exact) mass is 366 g/mol. The first-order valence-corrected chi connectivity index (χ1v) is 9.25. The van der Waals surface area contributed by atoms with Crippen LogP contribution in [0.4, 0.5) is 5.82 Å². The lowest BCUT2D eigenvalue weighted by Crippen LogP contribution is -2.36. The van der Waals surface area contributed by atoms with Crippen LogP contribution in [0.2, 0.25) is 0 Å². The predicted molar refractivity (Wildman–Crippen MR) is 100 cm³/mol. The fourth-order valence-electron chi connectivity index (χ4n) is 3.19. The van der Waals surface area contributed by atoms with Crippen LogP contribution >= 0.6 is 11.3 Å². The Morgan fingerprint density at radius 3 is 2.69 bits per heavy atom. The van der Waals surface area contributed by atoms with Crippen LogP contribution in [0.5, 0.6) is 0 Å². The molecular formula is C19H18N4O2S. The standard InChI is InChI=1S/C19H18N4O2S/c1-22-15-9-10-23(19(25)16-8-5-11-26-16)12-14(15)17(21-22)20-18(24)13-6-3-2-4-7-13/h2-8,11H,9-10,12H2,1H3,(H,20,21,24). The summed E-state index contributed by atoms with van der Waals surface area (Å²) in [6.45, 7) is 1.10. The maximum Gasteiger partial charge on any atom is 0.264 e. The molecule has 0 radical (unpaired) electrons. The van der Waals surface area contributed by atoms with E-state index in [-0.39, 0.29) is 11.8 Å². The number of benzene rings is 1. The molecule has 0 aliphatic carbocycles. The number of thiophene rings is 1. The maximum atomic E-state index is 12.7. The van der Waals surface area contributed by atoms with E-state index >= 15 is 0 Å². The molecule has 3 aromatic rings. The number of fused-ring (bicyclic) bond motifs is 1. The van der Waals surface area contributed by atoms with Crippen molar-refractivity contribution in [2.45, 2.75) is 13.0 Å². The van der Waals surface area contributed by atoms with E-state index < -0.39 is 0 Å². The van der Waals surface area contributed by atoms with E-state index in [1.54, 1.807) is 16.8 Å². The van der Waals surface area contributed by atoms with Gasteiger partial charge in [-0.15, -0.1) is 11.3 Å². The number of carbonyl (C=O) groups is 2. The third-order valence-electron chi connectivity index (χ3n) is 4.53. The van der Waals surface area contributed by atoms with Gasteiger partial charge in [-0.2, -0.15) is 5.10 Å². The lowest BCUT2D eigenvalue weighted by atomic mass is 10.1. The van der Waals surface area contributed by atoms with E-state index in [1.165, 1.54) is 11.3 Å². The molecule has 0 spiro atoms. The minimum Gasteiger partial charge on any atom is -0.333 e. The number of nitrogens with zero attached hydrogens (tertiary/aromatic N) is 3. The second kappa shape index (κ2) is 6.76. The van der Waals surface area contributed by atoms with Crippen molar-refractivity contribution < 1.29 is 9.59 Å². The van der Waals surface area contributed by atoms with Crippen molar-refractivity contribution in [3.8, 4) is 0 Å². The summed E-state index contributed by atoms with van der Waals surface area (Å²) >= 11 is 1.44. The normalized spacial score (nSPS) is 13.3. The van der Waals surface area contributed by atoms with E-state index in [0.717, 1.165) is 22.6 Å². The second-order valence-corrected chi connectivity index (χ2v) is 7.12. The van der Waals surface area contributed by atoms with Gasteiger partial charge < -0.3 is 10.2 Å². The summed E-state index contributed by atoms with van der Waals surface area (Å²) in [5, 5.41) is 9.26. The number of rotatable bonds is 3. The van der Waals surface area contributed by atoms with Gasteiger partial charge in [0.1, 0.15) is 0 Å².